The molecule has 0 aliphatic rings. The van der Waals surface area contributed by atoms with Gasteiger partial charge < -0.3 is 10.1 Å². The minimum absolute atomic E-state index is 0.0117. The molecule has 1 aromatic rings. The van der Waals surface area contributed by atoms with Crippen LogP contribution in [0.25, 0.3) is 0 Å². The van der Waals surface area contributed by atoms with E-state index in [1.54, 1.807) is 12.1 Å². The van der Waals surface area contributed by atoms with Crippen LogP contribution < -0.4 is 10.1 Å². The van der Waals surface area contributed by atoms with Crippen LogP contribution in [0.1, 0.15) is 32.8 Å². The Hall–Kier alpha value is -1.62. The second kappa shape index (κ2) is 6.52. The normalized spacial score (nSPS) is 11.4. The smallest absolute Gasteiger partial charge is 0.311 e. The highest BCUT2D eigenvalue weighted by molar-refractivity contribution is 5.48. The number of benzene rings is 1. The molecule has 0 aliphatic carbocycles. The summed E-state index contributed by atoms with van der Waals surface area (Å²) in [7, 11) is 1.43. The molecule has 0 amide bonds. The van der Waals surface area contributed by atoms with E-state index in [0.717, 1.165) is 18.5 Å². The number of nitro groups is 1. The predicted molar refractivity (Wildman–Crippen MR) is 75.4 cm³/mol. The number of ether oxygens (including phenoxy) is 1. The number of nitrogens with one attached hydrogen (secondary N) is 1. The number of methoxy groups -OCH3 is 1. The van der Waals surface area contributed by atoms with Crippen LogP contribution in [-0.4, -0.2) is 18.6 Å². The van der Waals surface area contributed by atoms with Crippen LogP contribution >= 0.6 is 0 Å². The SMILES string of the molecule is COc1ccc(CNCCC(C)(C)C)cc1[N+](=O)[O-]. The minimum atomic E-state index is -0.419. The van der Waals surface area contributed by atoms with E-state index in [2.05, 4.69) is 26.1 Å². The number of nitro benzene ring substituents is 1. The van der Waals surface area contributed by atoms with Gasteiger partial charge in [-0.2, -0.15) is 0 Å². The summed E-state index contributed by atoms with van der Waals surface area (Å²) in [5.74, 6) is 0.295. The lowest BCUT2D eigenvalue weighted by atomic mass is 9.92. The van der Waals surface area contributed by atoms with Crippen LogP contribution in [0.3, 0.4) is 0 Å². The van der Waals surface area contributed by atoms with Crippen LogP contribution in [0.15, 0.2) is 18.2 Å². The van der Waals surface area contributed by atoms with Gasteiger partial charge in [-0.3, -0.25) is 10.1 Å². The third-order valence-electron chi connectivity index (χ3n) is 2.82. The first-order valence-corrected chi connectivity index (χ1v) is 6.35. The molecule has 0 spiro atoms. The van der Waals surface area contributed by atoms with Crippen LogP contribution in [0, 0.1) is 15.5 Å². The van der Waals surface area contributed by atoms with Crippen LogP contribution in [0.4, 0.5) is 5.69 Å². The van der Waals surface area contributed by atoms with Crippen molar-refractivity contribution in [2.75, 3.05) is 13.7 Å². The quantitative estimate of drug-likeness (QED) is 0.488. The van der Waals surface area contributed by atoms with E-state index < -0.39 is 4.92 Å². The zero-order valence-electron chi connectivity index (χ0n) is 12.0. The second-order valence-electron chi connectivity index (χ2n) is 5.75. The lowest BCUT2D eigenvalue weighted by Crippen LogP contribution is -2.20. The molecule has 1 rings (SSSR count). The first-order chi connectivity index (χ1) is 8.83. The van der Waals surface area contributed by atoms with Crippen molar-refractivity contribution in [1.82, 2.24) is 5.32 Å². The van der Waals surface area contributed by atoms with E-state index in [1.807, 2.05) is 6.07 Å². The molecule has 106 valence electrons. The van der Waals surface area contributed by atoms with Crippen molar-refractivity contribution >= 4 is 5.69 Å². The summed E-state index contributed by atoms with van der Waals surface area (Å²) in [6.07, 6.45) is 1.06. The monoisotopic (exact) mass is 266 g/mol. The van der Waals surface area contributed by atoms with Crippen molar-refractivity contribution in [3.05, 3.63) is 33.9 Å². The number of hydrogen-bond acceptors (Lipinski definition) is 4. The van der Waals surface area contributed by atoms with E-state index in [9.17, 15) is 10.1 Å². The van der Waals surface area contributed by atoms with Gasteiger partial charge in [0, 0.05) is 12.6 Å². The van der Waals surface area contributed by atoms with Gasteiger partial charge in [-0.15, -0.1) is 0 Å². The van der Waals surface area contributed by atoms with Crippen molar-refractivity contribution in [3.63, 3.8) is 0 Å². The van der Waals surface area contributed by atoms with Gasteiger partial charge >= 0.3 is 5.69 Å². The van der Waals surface area contributed by atoms with Crippen molar-refractivity contribution in [2.24, 2.45) is 5.41 Å². The van der Waals surface area contributed by atoms with Crippen molar-refractivity contribution in [2.45, 2.75) is 33.7 Å². The standard InChI is InChI=1S/C14H22N2O3/c1-14(2,3)7-8-15-10-11-5-6-13(19-4)12(9-11)16(17)18/h5-6,9,15H,7-8,10H2,1-4H3. The largest absolute Gasteiger partial charge is 0.490 e. The molecule has 0 aliphatic heterocycles. The van der Waals surface area contributed by atoms with Gasteiger partial charge in [0.25, 0.3) is 0 Å². The molecule has 1 N–H and O–H groups in total. The molecule has 0 saturated heterocycles. The molecule has 0 bridgehead atoms. The average molecular weight is 266 g/mol. The topological polar surface area (TPSA) is 64.4 Å². The highest BCUT2D eigenvalue weighted by Gasteiger charge is 2.15. The molecule has 0 radical (unpaired) electrons. The lowest BCUT2D eigenvalue weighted by molar-refractivity contribution is -0.385. The van der Waals surface area contributed by atoms with E-state index in [-0.39, 0.29) is 5.69 Å². The Bertz CT molecular complexity index is 439. The fraction of sp³-hybridized carbons (Fsp3) is 0.571. The molecule has 0 unspecified atom stereocenters. The predicted octanol–water partition coefficient (Wildman–Crippen LogP) is 3.13. The summed E-state index contributed by atoms with van der Waals surface area (Å²) in [6, 6.07) is 5.04. The zero-order chi connectivity index (χ0) is 14.5. The van der Waals surface area contributed by atoms with Crippen LogP contribution in [0.5, 0.6) is 5.75 Å². The Kier molecular flexibility index (Phi) is 5.30. The van der Waals surface area contributed by atoms with Crippen molar-refractivity contribution in [1.29, 1.82) is 0 Å². The Morgan fingerprint density at radius 3 is 2.58 bits per heavy atom. The maximum atomic E-state index is 10.9. The van der Waals surface area contributed by atoms with Gasteiger partial charge in [0.2, 0.25) is 0 Å². The van der Waals surface area contributed by atoms with Gasteiger partial charge in [0.05, 0.1) is 12.0 Å². The summed E-state index contributed by atoms with van der Waals surface area (Å²) in [4.78, 5) is 10.5. The van der Waals surface area contributed by atoms with Gasteiger partial charge in [-0.25, -0.2) is 0 Å². The number of hydrogen-bond donors (Lipinski definition) is 1. The average Bonchev–Trinajstić information content (AvgIpc) is 2.33. The third-order valence-corrected chi connectivity index (χ3v) is 2.82. The van der Waals surface area contributed by atoms with E-state index in [4.69, 9.17) is 4.74 Å². The molecule has 0 saturated carbocycles. The molecular weight excluding hydrogens is 244 g/mol. The molecule has 5 heteroatoms. The molecule has 5 nitrogen and oxygen atoms in total. The summed E-state index contributed by atoms with van der Waals surface area (Å²) in [5, 5.41) is 14.2. The highest BCUT2D eigenvalue weighted by atomic mass is 16.6. The number of nitrogens with zero attached hydrogens (tertiary/aromatic N) is 1. The van der Waals surface area contributed by atoms with Crippen molar-refractivity contribution < 1.29 is 9.66 Å². The third kappa shape index (κ3) is 5.26. The van der Waals surface area contributed by atoms with Crippen LogP contribution in [0.2, 0.25) is 0 Å². The fourth-order valence-corrected chi connectivity index (χ4v) is 1.68. The van der Waals surface area contributed by atoms with Crippen molar-refractivity contribution in [3.8, 4) is 5.75 Å². The van der Waals surface area contributed by atoms with Gasteiger partial charge in [-0.1, -0.05) is 26.8 Å². The van der Waals surface area contributed by atoms with Gasteiger partial charge in [0.15, 0.2) is 5.75 Å². The summed E-state index contributed by atoms with van der Waals surface area (Å²) >= 11 is 0. The lowest BCUT2D eigenvalue weighted by Gasteiger charge is -2.18. The highest BCUT2D eigenvalue weighted by Crippen LogP contribution is 2.27. The fourth-order valence-electron chi connectivity index (χ4n) is 1.68. The van der Waals surface area contributed by atoms with Crippen LogP contribution in [-0.2, 0) is 6.54 Å². The second-order valence-corrected chi connectivity index (χ2v) is 5.75. The Morgan fingerprint density at radius 2 is 2.05 bits per heavy atom. The molecule has 1 aromatic carbocycles. The molecular formula is C14H22N2O3. The van der Waals surface area contributed by atoms with Gasteiger partial charge in [-0.05, 0) is 30.0 Å². The summed E-state index contributed by atoms with van der Waals surface area (Å²) in [5.41, 5.74) is 1.19. The molecule has 0 heterocycles. The first-order valence-electron chi connectivity index (χ1n) is 6.35. The molecule has 0 aromatic heterocycles. The minimum Gasteiger partial charge on any atom is -0.490 e. The van der Waals surface area contributed by atoms with E-state index >= 15 is 0 Å². The summed E-state index contributed by atoms with van der Waals surface area (Å²) < 4.78 is 4.97. The maximum Gasteiger partial charge on any atom is 0.311 e. The zero-order valence-corrected chi connectivity index (χ0v) is 12.0. The van der Waals surface area contributed by atoms with E-state index in [0.29, 0.717) is 17.7 Å². The summed E-state index contributed by atoms with van der Waals surface area (Å²) in [6.45, 7) is 8.08. The Balaban J connectivity index is 2.60. The molecule has 0 fully saturated rings. The Morgan fingerprint density at radius 1 is 1.37 bits per heavy atom. The Labute approximate surface area is 114 Å². The first kappa shape index (κ1) is 15.4. The molecule has 0 atom stereocenters. The van der Waals surface area contributed by atoms with Gasteiger partial charge in [0.1, 0.15) is 0 Å². The number of rotatable bonds is 6. The maximum absolute atomic E-state index is 10.9. The molecule has 19 heavy (non-hydrogen) atoms. The van der Waals surface area contributed by atoms with E-state index in [1.165, 1.54) is 7.11 Å².